The highest BCUT2D eigenvalue weighted by Crippen LogP contribution is 2.30. The molecule has 0 aliphatic carbocycles. The van der Waals surface area contributed by atoms with Crippen molar-refractivity contribution in [2.75, 3.05) is 6.54 Å². The van der Waals surface area contributed by atoms with E-state index < -0.39 is 5.82 Å². The standard InChI is InChI=1S/C28H27ClFN3O2S/c1-16(2)14-31-26(34)19-8-9-21-25(13-19)32-28(36-15-22-23(29)6-5-7-24(22)30)33(27(21)35)20-11-17(3)10-18(4)12-20/h5-13,16H,14-15H2,1-4H3,(H,31,34). The molecule has 0 atom stereocenters. The predicted octanol–water partition coefficient (Wildman–Crippen LogP) is 6.47. The normalized spacial score (nSPS) is 11.3. The molecule has 1 amide bonds. The predicted molar refractivity (Wildman–Crippen MR) is 145 cm³/mol. The first-order valence-electron chi connectivity index (χ1n) is 11.6. The van der Waals surface area contributed by atoms with Gasteiger partial charge in [-0.1, -0.05) is 49.3 Å². The number of benzene rings is 3. The van der Waals surface area contributed by atoms with Gasteiger partial charge in [-0.25, -0.2) is 9.37 Å². The largest absolute Gasteiger partial charge is 0.352 e. The summed E-state index contributed by atoms with van der Waals surface area (Å²) in [6.45, 7) is 8.50. The molecule has 36 heavy (non-hydrogen) atoms. The van der Waals surface area contributed by atoms with E-state index in [1.54, 1.807) is 34.9 Å². The number of hydrogen-bond acceptors (Lipinski definition) is 4. The monoisotopic (exact) mass is 523 g/mol. The minimum absolute atomic E-state index is 0.183. The van der Waals surface area contributed by atoms with Crippen LogP contribution in [-0.2, 0) is 5.75 Å². The van der Waals surface area contributed by atoms with Crippen LogP contribution in [0.2, 0.25) is 5.02 Å². The fraction of sp³-hybridized carbons (Fsp3) is 0.250. The Hall–Kier alpha value is -3.16. The van der Waals surface area contributed by atoms with Gasteiger partial charge in [0, 0.05) is 28.4 Å². The van der Waals surface area contributed by atoms with Crippen LogP contribution in [0.15, 0.2) is 64.5 Å². The summed E-state index contributed by atoms with van der Waals surface area (Å²) in [6.07, 6.45) is 0. The fourth-order valence-electron chi connectivity index (χ4n) is 3.92. The summed E-state index contributed by atoms with van der Waals surface area (Å²) in [5, 5.41) is 3.98. The lowest BCUT2D eigenvalue weighted by Crippen LogP contribution is -2.27. The minimum Gasteiger partial charge on any atom is -0.352 e. The van der Waals surface area contributed by atoms with Gasteiger partial charge in [0.25, 0.3) is 11.5 Å². The lowest BCUT2D eigenvalue weighted by Gasteiger charge is -2.15. The second kappa shape index (κ2) is 10.8. The zero-order valence-corrected chi connectivity index (χ0v) is 22.1. The van der Waals surface area contributed by atoms with Gasteiger partial charge in [0.05, 0.1) is 16.6 Å². The van der Waals surface area contributed by atoms with Gasteiger partial charge in [0.1, 0.15) is 5.82 Å². The third-order valence-corrected chi connectivity index (χ3v) is 6.96. The Morgan fingerprint density at radius 2 is 1.83 bits per heavy atom. The number of aryl methyl sites for hydroxylation is 2. The number of nitrogens with one attached hydrogen (secondary N) is 1. The molecule has 4 aromatic rings. The minimum atomic E-state index is -0.416. The zero-order chi connectivity index (χ0) is 26.0. The molecular formula is C28H27ClFN3O2S. The molecule has 0 aliphatic heterocycles. The van der Waals surface area contributed by atoms with Crippen molar-refractivity contribution in [3.63, 3.8) is 0 Å². The number of halogens is 2. The molecule has 1 aromatic heterocycles. The zero-order valence-electron chi connectivity index (χ0n) is 20.6. The number of hydrogen-bond donors (Lipinski definition) is 1. The smallest absolute Gasteiger partial charge is 0.266 e. The molecule has 0 saturated carbocycles. The molecule has 0 bridgehead atoms. The molecular weight excluding hydrogens is 497 g/mol. The Morgan fingerprint density at radius 3 is 2.50 bits per heavy atom. The second-order valence-electron chi connectivity index (χ2n) is 9.21. The molecule has 0 radical (unpaired) electrons. The third kappa shape index (κ3) is 5.63. The van der Waals surface area contributed by atoms with E-state index in [0.29, 0.717) is 50.4 Å². The van der Waals surface area contributed by atoms with Gasteiger partial charge in [-0.15, -0.1) is 0 Å². The van der Waals surface area contributed by atoms with E-state index in [-0.39, 0.29) is 17.2 Å². The molecule has 1 heterocycles. The first-order valence-corrected chi connectivity index (χ1v) is 13.0. The van der Waals surface area contributed by atoms with Crippen molar-refractivity contribution >= 4 is 40.2 Å². The number of thioether (sulfide) groups is 1. The first kappa shape index (κ1) is 25.9. The maximum Gasteiger partial charge on any atom is 0.266 e. The second-order valence-corrected chi connectivity index (χ2v) is 10.6. The van der Waals surface area contributed by atoms with E-state index in [0.717, 1.165) is 11.1 Å². The van der Waals surface area contributed by atoms with Gasteiger partial charge in [-0.05, 0) is 73.4 Å². The van der Waals surface area contributed by atoms with Crippen molar-refractivity contribution in [1.29, 1.82) is 0 Å². The van der Waals surface area contributed by atoms with Crippen molar-refractivity contribution < 1.29 is 9.18 Å². The molecule has 0 spiro atoms. The maximum atomic E-state index is 14.5. The Balaban J connectivity index is 1.85. The average Bonchev–Trinajstić information content (AvgIpc) is 2.81. The lowest BCUT2D eigenvalue weighted by molar-refractivity contribution is 0.0949. The average molecular weight is 524 g/mol. The van der Waals surface area contributed by atoms with Gasteiger partial charge in [0.15, 0.2) is 5.16 Å². The number of aromatic nitrogens is 2. The van der Waals surface area contributed by atoms with Crippen LogP contribution in [0.5, 0.6) is 0 Å². The molecule has 0 saturated heterocycles. The van der Waals surface area contributed by atoms with Gasteiger partial charge in [-0.3, -0.25) is 14.2 Å². The molecule has 3 aromatic carbocycles. The van der Waals surface area contributed by atoms with Crippen LogP contribution in [-0.4, -0.2) is 22.0 Å². The summed E-state index contributed by atoms with van der Waals surface area (Å²) in [5.41, 5.74) is 3.58. The lowest BCUT2D eigenvalue weighted by atomic mass is 10.1. The molecule has 1 N–H and O–H groups in total. The van der Waals surface area contributed by atoms with Crippen LogP contribution in [0, 0.1) is 25.6 Å². The Labute approximate surface area is 218 Å². The SMILES string of the molecule is Cc1cc(C)cc(-n2c(SCc3c(F)cccc3Cl)nc3cc(C(=O)NCC(C)C)ccc3c2=O)c1. The molecule has 0 fully saturated rings. The number of nitrogens with zero attached hydrogens (tertiary/aromatic N) is 2. The summed E-state index contributed by atoms with van der Waals surface area (Å²) < 4.78 is 16.0. The molecule has 186 valence electrons. The Morgan fingerprint density at radius 1 is 1.11 bits per heavy atom. The van der Waals surface area contributed by atoms with E-state index >= 15 is 0 Å². The van der Waals surface area contributed by atoms with Crippen LogP contribution in [0.1, 0.15) is 40.9 Å². The molecule has 0 unspecified atom stereocenters. The number of amides is 1. The van der Waals surface area contributed by atoms with E-state index in [2.05, 4.69) is 5.32 Å². The quantitative estimate of drug-likeness (QED) is 0.222. The summed E-state index contributed by atoms with van der Waals surface area (Å²) in [4.78, 5) is 31.1. The topological polar surface area (TPSA) is 64.0 Å². The van der Waals surface area contributed by atoms with Crippen molar-refractivity contribution in [3.8, 4) is 5.69 Å². The number of carbonyl (C=O) groups excluding carboxylic acids is 1. The summed E-state index contributed by atoms with van der Waals surface area (Å²) >= 11 is 7.46. The molecule has 5 nitrogen and oxygen atoms in total. The molecule has 4 rings (SSSR count). The van der Waals surface area contributed by atoms with Crippen molar-refractivity contribution in [2.24, 2.45) is 5.92 Å². The fourth-order valence-corrected chi connectivity index (χ4v) is 5.27. The number of rotatable bonds is 7. The van der Waals surface area contributed by atoms with E-state index in [4.69, 9.17) is 16.6 Å². The van der Waals surface area contributed by atoms with Crippen molar-refractivity contribution in [2.45, 2.75) is 38.6 Å². The van der Waals surface area contributed by atoms with Crippen LogP contribution >= 0.6 is 23.4 Å². The van der Waals surface area contributed by atoms with Crippen molar-refractivity contribution in [1.82, 2.24) is 14.9 Å². The summed E-state index contributed by atoms with van der Waals surface area (Å²) in [5.74, 6) is -0.146. The van der Waals surface area contributed by atoms with Gasteiger partial charge < -0.3 is 5.32 Å². The molecule has 8 heteroatoms. The third-order valence-electron chi connectivity index (χ3n) is 5.64. The van der Waals surface area contributed by atoms with Gasteiger partial charge in [-0.2, -0.15) is 0 Å². The van der Waals surface area contributed by atoms with Crippen LogP contribution in [0.25, 0.3) is 16.6 Å². The van der Waals surface area contributed by atoms with Crippen LogP contribution in [0.3, 0.4) is 0 Å². The van der Waals surface area contributed by atoms with Crippen LogP contribution in [0.4, 0.5) is 4.39 Å². The highest BCUT2D eigenvalue weighted by molar-refractivity contribution is 7.98. The maximum absolute atomic E-state index is 14.5. The van der Waals surface area contributed by atoms with E-state index in [9.17, 15) is 14.0 Å². The number of carbonyl (C=O) groups is 1. The Bertz CT molecular complexity index is 1480. The van der Waals surface area contributed by atoms with Gasteiger partial charge >= 0.3 is 0 Å². The van der Waals surface area contributed by atoms with Crippen molar-refractivity contribution in [3.05, 3.63) is 98.0 Å². The van der Waals surface area contributed by atoms with E-state index in [1.165, 1.54) is 17.8 Å². The van der Waals surface area contributed by atoms with Crippen LogP contribution < -0.4 is 10.9 Å². The van der Waals surface area contributed by atoms with E-state index in [1.807, 2.05) is 45.9 Å². The molecule has 0 aliphatic rings. The van der Waals surface area contributed by atoms with Gasteiger partial charge in [0.2, 0.25) is 0 Å². The highest BCUT2D eigenvalue weighted by atomic mass is 35.5. The first-order chi connectivity index (χ1) is 17.1. The summed E-state index contributed by atoms with van der Waals surface area (Å²) in [7, 11) is 0. The number of fused-ring (bicyclic) bond motifs is 1. The summed E-state index contributed by atoms with van der Waals surface area (Å²) in [6, 6.07) is 15.3. The Kier molecular flexibility index (Phi) is 7.81. The highest BCUT2D eigenvalue weighted by Gasteiger charge is 2.17.